The molecule has 130 valence electrons. The van der Waals surface area contributed by atoms with Crippen molar-refractivity contribution in [2.75, 3.05) is 0 Å². The Bertz CT molecular complexity index is 1090. The van der Waals surface area contributed by atoms with Crippen molar-refractivity contribution in [3.8, 4) is 17.1 Å². The molecule has 0 spiro atoms. The van der Waals surface area contributed by atoms with Crippen molar-refractivity contribution in [3.05, 3.63) is 81.3 Å². The van der Waals surface area contributed by atoms with E-state index >= 15 is 0 Å². The van der Waals surface area contributed by atoms with Crippen LogP contribution in [0.25, 0.3) is 22.4 Å². The summed E-state index contributed by atoms with van der Waals surface area (Å²) >= 11 is 9.77. The third-order valence-electron chi connectivity index (χ3n) is 4.18. The molecule has 3 nitrogen and oxygen atoms in total. The summed E-state index contributed by atoms with van der Waals surface area (Å²) in [7, 11) is 0. The SMILES string of the molecule is Cc1ccc2nc(-c3cc(Br)ccc3OCc3ccccc3Cl)[nH]c2c1. The van der Waals surface area contributed by atoms with Gasteiger partial charge in [-0.15, -0.1) is 0 Å². The summed E-state index contributed by atoms with van der Waals surface area (Å²) in [6.07, 6.45) is 0. The summed E-state index contributed by atoms with van der Waals surface area (Å²) in [4.78, 5) is 8.11. The van der Waals surface area contributed by atoms with Crippen LogP contribution < -0.4 is 4.74 Å². The fourth-order valence-corrected chi connectivity index (χ4v) is 3.39. The fourth-order valence-electron chi connectivity index (χ4n) is 2.84. The van der Waals surface area contributed by atoms with Gasteiger partial charge in [-0.2, -0.15) is 0 Å². The van der Waals surface area contributed by atoms with Crippen LogP contribution in [0.3, 0.4) is 0 Å². The molecule has 0 bridgehead atoms. The van der Waals surface area contributed by atoms with Crippen LogP contribution >= 0.6 is 27.5 Å². The van der Waals surface area contributed by atoms with Gasteiger partial charge in [-0.1, -0.05) is 51.8 Å². The molecule has 26 heavy (non-hydrogen) atoms. The monoisotopic (exact) mass is 426 g/mol. The van der Waals surface area contributed by atoms with Gasteiger partial charge in [-0.05, 0) is 48.9 Å². The first-order chi connectivity index (χ1) is 12.6. The Morgan fingerprint density at radius 3 is 2.77 bits per heavy atom. The van der Waals surface area contributed by atoms with Gasteiger partial charge in [0.2, 0.25) is 0 Å². The van der Waals surface area contributed by atoms with Crippen molar-refractivity contribution < 1.29 is 4.74 Å². The van der Waals surface area contributed by atoms with Crippen molar-refractivity contribution in [3.63, 3.8) is 0 Å². The lowest BCUT2D eigenvalue weighted by Crippen LogP contribution is -1.98. The zero-order valence-electron chi connectivity index (χ0n) is 14.1. The summed E-state index contributed by atoms with van der Waals surface area (Å²) in [5, 5.41) is 0.699. The molecule has 3 aromatic carbocycles. The Kier molecular flexibility index (Phi) is 4.70. The molecule has 0 unspecified atom stereocenters. The van der Waals surface area contributed by atoms with Crippen LogP contribution in [-0.2, 0) is 6.61 Å². The lowest BCUT2D eigenvalue weighted by atomic mass is 10.2. The number of rotatable bonds is 4. The second kappa shape index (κ2) is 7.14. The smallest absolute Gasteiger partial charge is 0.142 e. The number of hydrogen-bond acceptors (Lipinski definition) is 2. The first-order valence-corrected chi connectivity index (χ1v) is 9.40. The van der Waals surface area contributed by atoms with Crippen molar-refractivity contribution in [1.82, 2.24) is 9.97 Å². The first kappa shape index (κ1) is 17.1. The predicted octanol–water partition coefficient (Wildman–Crippen LogP) is 6.53. The van der Waals surface area contributed by atoms with Crippen LogP contribution in [0.1, 0.15) is 11.1 Å². The number of ether oxygens (including phenoxy) is 1. The van der Waals surface area contributed by atoms with Crippen molar-refractivity contribution >= 4 is 38.6 Å². The molecule has 0 amide bonds. The van der Waals surface area contributed by atoms with Crippen molar-refractivity contribution in [2.45, 2.75) is 13.5 Å². The van der Waals surface area contributed by atoms with Crippen LogP contribution in [0, 0.1) is 6.92 Å². The topological polar surface area (TPSA) is 37.9 Å². The largest absolute Gasteiger partial charge is 0.488 e. The average Bonchev–Trinajstić information content (AvgIpc) is 3.05. The molecule has 0 aliphatic carbocycles. The molecule has 4 rings (SSSR count). The van der Waals surface area contributed by atoms with E-state index in [1.165, 1.54) is 5.56 Å². The van der Waals surface area contributed by atoms with Gasteiger partial charge < -0.3 is 9.72 Å². The molecular formula is C21H16BrClN2O. The zero-order valence-corrected chi connectivity index (χ0v) is 16.4. The third kappa shape index (κ3) is 3.48. The van der Waals surface area contributed by atoms with E-state index in [0.717, 1.165) is 38.2 Å². The molecule has 0 aliphatic heterocycles. The van der Waals surface area contributed by atoms with Gasteiger partial charge in [0.15, 0.2) is 0 Å². The highest BCUT2D eigenvalue weighted by Crippen LogP contribution is 2.33. The fraction of sp³-hybridized carbons (Fsp3) is 0.0952. The number of hydrogen-bond donors (Lipinski definition) is 1. The average molecular weight is 428 g/mol. The van der Waals surface area contributed by atoms with Crippen LogP contribution in [-0.4, -0.2) is 9.97 Å². The number of aromatic nitrogens is 2. The van der Waals surface area contributed by atoms with Crippen LogP contribution in [0.5, 0.6) is 5.75 Å². The Labute approximate surface area is 165 Å². The Balaban J connectivity index is 1.71. The number of nitrogens with one attached hydrogen (secondary N) is 1. The number of aromatic amines is 1. The van der Waals surface area contributed by atoms with E-state index in [1.807, 2.05) is 48.5 Å². The normalized spacial score (nSPS) is 11.0. The maximum atomic E-state index is 6.23. The molecule has 0 aliphatic rings. The Morgan fingerprint density at radius 2 is 1.92 bits per heavy atom. The van der Waals surface area contributed by atoms with Gasteiger partial charge in [-0.25, -0.2) is 4.98 Å². The van der Waals surface area contributed by atoms with Gasteiger partial charge in [0.05, 0.1) is 16.6 Å². The van der Waals surface area contributed by atoms with E-state index < -0.39 is 0 Å². The molecule has 1 N–H and O–H groups in total. The maximum absolute atomic E-state index is 6.23. The number of aryl methyl sites for hydroxylation is 1. The predicted molar refractivity (Wildman–Crippen MR) is 110 cm³/mol. The lowest BCUT2D eigenvalue weighted by molar-refractivity contribution is 0.307. The van der Waals surface area contributed by atoms with Gasteiger partial charge in [0.1, 0.15) is 18.2 Å². The first-order valence-electron chi connectivity index (χ1n) is 8.22. The van der Waals surface area contributed by atoms with Crippen LogP contribution in [0.4, 0.5) is 0 Å². The van der Waals surface area contributed by atoms with Crippen molar-refractivity contribution in [2.24, 2.45) is 0 Å². The summed E-state index contributed by atoms with van der Waals surface area (Å²) in [5.41, 5.74) is 4.99. The second-order valence-electron chi connectivity index (χ2n) is 6.13. The number of halogens is 2. The minimum Gasteiger partial charge on any atom is -0.488 e. The second-order valence-corrected chi connectivity index (χ2v) is 7.45. The summed E-state index contributed by atoms with van der Waals surface area (Å²) < 4.78 is 7.03. The molecule has 0 saturated carbocycles. The number of benzene rings is 3. The van der Waals surface area contributed by atoms with E-state index in [0.29, 0.717) is 11.6 Å². The number of nitrogens with zero attached hydrogens (tertiary/aromatic N) is 1. The van der Waals surface area contributed by atoms with Crippen LogP contribution in [0.15, 0.2) is 65.1 Å². The number of fused-ring (bicyclic) bond motifs is 1. The van der Waals surface area contributed by atoms with Gasteiger partial charge in [0, 0.05) is 15.1 Å². The molecule has 5 heteroatoms. The minimum absolute atomic E-state index is 0.396. The van der Waals surface area contributed by atoms with E-state index in [1.54, 1.807) is 0 Å². The van der Waals surface area contributed by atoms with Gasteiger partial charge >= 0.3 is 0 Å². The quantitative estimate of drug-likeness (QED) is 0.402. The van der Waals surface area contributed by atoms with Gasteiger partial charge in [-0.3, -0.25) is 0 Å². The molecule has 1 aromatic heterocycles. The number of imidazole rings is 1. The maximum Gasteiger partial charge on any atom is 0.142 e. The van der Waals surface area contributed by atoms with Gasteiger partial charge in [0.25, 0.3) is 0 Å². The van der Waals surface area contributed by atoms with E-state index in [2.05, 4.69) is 40.0 Å². The van der Waals surface area contributed by atoms with Crippen LogP contribution in [0.2, 0.25) is 5.02 Å². The molecule has 1 heterocycles. The van der Waals surface area contributed by atoms with Crippen molar-refractivity contribution in [1.29, 1.82) is 0 Å². The molecular weight excluding hydrogens is 412 g/mol. The molecule has 0 radical (unpaired) electrons. The molecule has 0 fully saturated rings. The Hall–Kier alpha value is -2.30. The zero-order chi connectivity index (χ0) is 18.1. The van der Waals surface area contributed by atoms with E-state index in [-0.39, 0.29) is 0 Å². The standard InChI is InChI=1S/C21H16BrClN2O/c1-13-6-8-18-19(10-13)25-21(24-18)16-11-15(22)7-9-20(16)26-12-14-4-2-3-5-17(14)23/h2-11H,12H2,1H3,(H,24,25). The van der Waals surface area contributed by atoms with E-state index in [9.17, 15) is 0 Å². The summed E-state index contributed by atoms with van der Waals surface area (Å²) in [6.45, 7) is 2.46. The third-order valence-corrected chi connectivity index (χ3v) is 5.04. The lowest BCUT2D eigenvalue weighted by Gasteiger charge is -2.11. The Morgan fingerprint density at radius 1 is 1.08 bits per heavy atom. The minimum atomic E-state index is 0.396. The summed E-state index contributed by atoms with van der Waals surface area (Å²) in [6, 6.07) is 19.8. The van der Waals surface area contributed by atoms with E-state index in [4.69, 9.17) is 21.3 Å². The highest BCUT2D eigenvalue weighted by Gasteiger charge is 2.13. The molecule has 0 atom stereocenters. The highest BCUT2D eigenvalue weighted by atomic mass is 79.9. The highest BCUT2D eigenvalue weighted by molar-refractivity contribution is 9.10. The summed E-state index contributed by atoms with van der Waals surface area (Å²) in [5.74, 6) is 1.53. The number of H-pyrrole nitrogens is 1. The molecule has 4 aromatic rings. The molecule has 0 saturated heterocycles.